The lowest BCUT2D eigenvalue weighted by Gasteiger charge is -2.35. The molecule has 0 radical (unpaired) electrons. The van der Waals surface area contributed by atoms with E-state index < -0.39 is 0 Å². The number of piperazine rings is 1. The highest BCUT2D eigenvalue weighted by molar-refractivity contribution is 5.82. The molecule has 0 aromatic carbocycles. The number of amides is 1. The number of carbonyl (C=O) groups excluding carboxylic acids is 1. The highest BCUT2D eigenvalue weighted by Gasteiger charge is 2.52. The Morgan fingerprint density at radius 1 is 1.13 bits per heavy atom. The van der Waals surface area contributed by atoms with Gasteiger partial charge in [-0.15, -0.1) is 0 Å². The second-order valence-electron chi connectivity index (χ2n) is 6.95. The third-order valence-corrected chi connectivity index (χ3v) is 5.47. The van der Waals surface area contributed by atoms with Gasteiger partial charge in [0.1, 0.15) is 6.33 Å². The van der Waals surface area contributed by atoms with Gasteiger partial charge >= 0.3 is 0 Å². The zero-order valence-corrected chi connectivity index (χ0v) is 13.0. The summed E-state index contributed by atoms with van der Waals surface area (Å²) in [4.78, 5) is 25.3. The third kappa shape index (κ3) is 2.26. The molecule has 2 aromatic rings. The van der Waals surface area contributed by atoms with Crippen LogP contribution in [-0.4, -0.2) is 56.6 Å². The number of hydrogen-bond acceptors (Lipinski definition) is 5. The fraction of sp³-hybridized carbons (Fsp3) is 0.625. The Balaban J connectivity index is 1.25. The molecule has 7 nitrogen and oxygen atoms in total. The van der Waals surface area contributed by atoms with Gasteiger partial charge in [0.2, 0.25) is 5.91 Å². The van der Waals surface area contributed by atoms with Crippen LogP contribution in [0.15, 0.2) is 18.7 Å². The minimum absolute atomic E-state index is 0.328. The van der Waals surface area contributed by atoms with E-state index >= 15 is 0 Å². The summed E-state index contributed by atoms with van der Waals surface area (Å²) in [6, 6.07) is 0. The van der Waals surface area contributed by atoms with Gasteiger partial charge in [-0.25, -0.2) is 4.98 Å². The van der Waals surface area contributed by atoms with Crippen LogP contribution >= 0.6 is 0 Å². The molecule has 7 heteroatoms. The molecule has 2 atom stereocenters. The molecule has 2 saturated carbocycles. The molecule has 120 valence electrons. The number of nitrogens with zero attached hydrogens (tertiary/aromatic N) is 6. The fourth-order valence-corrected chi connectivity index (χ4v) is 3.89. The second kappa shape index (κ2) is 4.91. The summed E-state index contributed by atoms with van der Waals surface area (Å²) in [5.74, 6) is 3.23. The molecule has 2 aromatic heterocycles. The molecule has 3 aliphatic rings. The van der Waals surface area contributed by atoms with E-state index in [1.54, 1.807) is 12.5 Å². The van der Waals surface area contributed by atoms with Crippen molar-refractivity contribution >= 4 is 17.4 Å². The minimum atomic E-state index is 0.328. The summed E-state index contributed by atoms with van der Waals surface area (Å²) in [6.45, 7) is 3.23. The van der Waals surface area contributed by atoms with E-state index in [0.29, 0.717) is 17.7 Å². The highest BCUT2D eigenvalue weighted by Crippen LogP contribution is 2.54. The first-order valence-corrected chi connectivity index (χ1v) is 8.49. The first-order valence-electron chi connectivity index (χ1n) is 8.49. The summed E-state index contributed by atoms with van der Waals surface area (Å²) < 4.78 is 1.81. The molecule has 3 heterocycles. The summed E-state index contributed by atoms with van der Waals surface area (Å²) in [5, 5.41) is 4.27. The Hall–Kier alpha value is -2.18. The largest absolute Gasteiger partial charge is 0.352 e. The van der Waals surface area contributed by atoms with Crippen LogP contribution in [0, 0.1) is 17.8 Å². The monoisotopic (exact) mass is 312 g/mol. The first-order chi connectivity index (χ1) is 11.3. The molecule has 5 rings (SSSR count). The summed E-state index contributed by atoms with van der Waals surface area (Å²) in [5.41, 5.74) is 0.756. The fourth-order valence-electron chi connectivity index (χ4n) is 3.89. The molecular formula is C16H20N6O. The Kier molecular flexibility index (Phi) is 2.83. The zero-order valence-electron chi connectivity index (χ0n) is 13.0. The van der Waals surface area contributed by atoms with Crippen molar-refractivity contribution in [1.29, 1.82) is 0 Å². The van der Waals surface area contributed by atoms with Gasteiger partial charge in [0.25, 0.3) is 0 Å². The van der Waals surface area contributed by atoms with Crippen molar-refractivity contribution < 1.29 is 4.79 Å². The molecule has 0 bridgehead atoms. The van der Waals surface area contributed by atoms with E-state index in [1.165, 1.54) is 12.8 Å². The van der Waals surface area contributed by atoms with Crippen molar-refractivity contribution in [2.24, 2.45) is 17.8 Å². The smallest absolute Gasteiger partial charge is 0.226 e. The van der Waals surface area contributed by atoms with E-state index in [4.69, 9.17) is 0 Å². The lowest BCUT2D eigenvalue weighted by molar-refractivity contribution is -0.133. The van der Waals surface area contributed by atoms with E-state index in [1.807, 2.05) is 10.7 Å². The van der Waals surface area contributed by atoms with Gasteiger partial charge in [0.15, 0.2) is 11.5 Å². The third-order valence-electron chi connectivity index (χ3n) is 5.47. The normalized spacial score (nSPS) is 27.5. The van der Waals surface area contributed by atoms with Gasteiger partial charge in [0.05, 0.1) is 12.4 Å². The minimum Gasteiger partial charge on any atom is -0.352 e. The van der Waals surface area contributed by atoms with Crippen molar-refractivity contribution in [3.05, 3.63) is 18.7 Å². The first kappa shape index (κ1) is 13.3. The van der Waals surface area contributed by atoms with Crippen LogP contribution in [0.2, 0.25) is 0 Å². The number of anilines is 1. The van der Waals surface area contributed by atoms with Crippen LogP contribution in [0.5, 0.6) is 0 Å². The maximum atomic E-state index is 12.6. The van der Waals surface area contributed by atoms with Crippen molar-refractivity contribution in [3.63, 3.8) is 0 Å². The second-order valence-corrected chi connectivity index (χ2v) is 6.95. The van der Waals surface area contributed by atoms with Gasteiger partial charge < -0.3 is 9.80 Å². The summed E-state index contributed by atoms with van der Waals surface area (Å²) in [6.07, 6.45) is 8.90. The number of carbonyl (C=O) groups is 1. The Bertz CT molecular complexity index is 746. The molecule has 1 amide bonds. The lowest BCUT2D eigenvalue weighted by Crippen LogP contribution is -2.50. The Morgan fingerprint density at radius 3 is 2.74 bits per heavy atom. The van der Waals surface area contributed by atoms with Crippen molar-refractivity contribution in [2.45, 2.75) is 19.3 Å². The quantitative estimate of drug-likeness (QED) is 0.839. The predicted octanol–water partition coefficient (Wildman–Crippen LogP) is 0.819. The van der Waals surface area contributed by atoms with Gasteiger partial charge in [-0.05, 0) is 31.1 Å². The summed E-state index contributed by atoms with van der Waals surface area (Å²) >= 11 is 0. The van der Waals surface area contributed by atoms with E-state index in [-0.39, 0.29) is 0 Å². The molecule has 0 N–H and O–H groups in total. The highest BCUT2D eigenvalue weighted by atomic mass is 16.2. The van der Waals surface area contributed by atoms with E-state index in [2.05, 4.69) is 24.9 Å². The average molecular weight is 312 g/mol. The van der Waals surface area contributed by atoms with Crippen LogP contribution in [0.4, 0.5) is 5.82 Å². The maximum absolute atomic E-state index is 12.6. The van der Waals surface area contributed by atoms with Crippen molar-refractivity contribution in [2.75, 3.05) is 31.1 Å². The lowest BCUT2D eigenvalue weighted by atomic mass is 10.2. The van der Waals surface area contributed by atoms with Crippen molar-refractivity contribution in [1.82, 2.24) is 24.5 Å². The average Bonchev–Trinajstić information content (AvgIpc) is 3.49. The van der Waals surface area contributed by atoms with Crippen LogP contribution in [-0.2, 0) is 4.79 Å². The van der Waals surface area contributed by atoms with Crippen LogP contribution in [0.25, 0.3) is 5.65 Å². The zero-order chi connectivity index (χ0) is 15.4. The van der Waals surface area contributed by atoms with Gasteiger partial charge in [0, 0.05) is 32.1 Å². The molecule has 0 spiro atoms. The molecule has 1 aliphatic heterocycles. The van der Waals surface area contributed by atoms with Gasteiger partial charge in [-0.3, -0.25) is 9.78 Å². The standard InChI is InChI=1S/C16H20N6O/c23-16(13-7-12(13)11-1-2-11)21-5-3-20(4-6-21)15-9-17-8-14-18-10-19-22(14)15/h8-13H,1-7H2/t12-,13-/m0/s1. The number of aromatic nitrogens is 4. The molecule has 23 heavy (non-hydrogen) atoms. The van der Waals surface area contributed by atoms with E-state index in [0.717, 1.165) is 50.0 Å². The predicted molar refractivity (Wildman–Crippen MR) is 83.9 cm³/mol. The van der Waals surface area contributed by atoms with Crippen LogP contribution in [0.3, 0.4) is 0 Å². The molecule has 0 unspecified atom stereocenters. The topological polar surface area (TPSA) is 66.6 Å². The molecule has 1 saturated heterocycles. The van der Waals surface area contributed by atoms with Crippen LogP contribution < -0.4 is 4.90 Å². The molecular weight excluding hydrogens is 292 g/mol. The Morgan fingerprint density at radius 2 is 1.96 bits per heavy atom. The maximum Gasteiger partial charge on any atom is 0.226 e. The Labute approximate surface area is 134 Å². The number of hydrogen-bond donors (Lipinski definition) is 0. The number of rotatable bonds is 3. The van der Waals surface area contributed by atoms with Gasteiger partial charge in [-0.1, -0.05) is 0 Å². The molecule has 3 fully saturated rings. The SMILES string of the molecule is O=C([C@H]1C[C@H]1C1CC1)N1CCN(c2cncc3ncnn23)CC1. The van der Waals surface area contributed by atoms with Crippen molar-refractivity contribution in [3.8, 4) is 0 Å². The summed E-state index contributed by atoms with van der Waals surface area (Å²) in [7, 11) is 0. The number of fused-ring (bicyclic) bond motifs is 1. The molecule has 2 aliphatic carbocycles. The van der Waals surface area contributed by atoms with Gasteiger partial charge in [-0.2, -0.15) is 9.61 Å². The van der Waals surface area contributed by atoms with E-state index in [9.17, 15) is 4.79 Å². The van der Waals surface area contributed by atoms with Crippen LogP contribution in [0.1, 0.15) is 19.3 Å².